The first-order chi connectivity index (χ1) is 18.4. The summed E-state index contributed by atoms with van der Waals surface area (Å²) in [5, 5.41) is 5.52. The summed E-state index contributed by atoms with van der Waals surface area (Å²) in [4.78, 5) is 37.6. The molecule has 3 aromatic heterocycles. The zero-order chi connectivity index (χ0) is 26.6. The topological polar surface area (TPSA) is 127 Å². The minimum absolute atomic E-state index is 0.0193. The molecule has 3 heterocycles. The molecule has 0 saturated heterocycles. The summed E-state index contributed by atoms with van der Waals surface area (Å²) >= 11 is 0. The Morgan fingerprint density at radius 1 is 1.16 bits per heavy atom. The predicted octanol–water partition coefficient (Wildman–Crippen LogP) is 3.84. The molecule has 5 rings (SSSR count). The Morgan fingerprint density at radius 3 is 2.68 bits per heavy atom. The van der Waals surface area contributed by atoms with Gasteiger partial charge in [0.15, 0.2) is 0 Å². The van der Waals surface area contributed by atoms with Crippen LogP contribution in [-0.4, -0.2) is 37.2 Å². The fourth-order valence-electron chi connectivity index (χ4n) is 4.44. The van der Waals surface area contributed by atoms with Crippen LogP contribution in [0, 0.1) is 17.7 Å². The van der Waals surface area contributed by atoms with Gasteiger partial charge in [0, 0.05) is 41.8 Å². The second-order valence-corrected chi connectivity index (χ2v) is 8.76. The van der Waals surface area contributed by atoms with E-state index in [2.05, 4.69) is 38.5 Å². The summed E-state index contributed by atoms with van der Waals surface area (Å²) < 4.78 is 15.3. The molecule has 1 aliphatic rings. The molecular weight excluding hydrogens is 485 g/mol. The van der Waals surface area contributed by atoms with Crippen LogP contribution >= 0.6 is 0 Å². The van der Waals surface area contributed by atoms with Gasteiger partial charge in [0.1, 0.15) is 34.5 Å². The van der Waals surface area contributed by atoms with E-state index in [1.807, 2.05) is 10.6 Å². The van der Waals surface area contributed by atoms with E-state index in [-0.39, 0.29) is 17.8 Å². The molecule has 2 amide bonds. The number of hydrogen-bond donors (Lipinski definition) is 3. The number of carbonyl (C=O) groups excluding carboxylic acids is 2. The van der Waals surface area contributed by atoms with E-state index in [0.717, 1.165) is 35.9 Å². The molecule has 0 aliphatic heterocycles. The van der Waals surface area contributed by atoms with E-state index in [1.165, 1.54) is 12.3 Å². The van der Waals surface area contributed by atoms with Crippen molar-refractivity contribution in [3.8, 4) is 23.1 Å². The highest BCUT2D eigenvalue weighted by molar-refractivity contribution is 6.04. The zero-order valence-electron chi connectivity index (χ0n) is 20.5. The maximum atomic E-state index is 13.4. The third-order valence-electron chi connectivity index (χ3n) is 6.24. The van der Waals surface area contributed by atoms with Gasteiger partial charge >= 0.3 is 0 Å². The van der Waals surface area contributed by atoms with Crippen LogP contribution in [0.4, 0.5) is 16.0 Å². The second kappa shape index (κ2) is 10.5. The lowest BCUT2D eigenvalue weighted by molar-refractivity contribution is -0.116. The van der Waals surface area contributed by atoms with Gasteiger partial charge in [-0.1, -0.05) is 24.1 Å². The van der Waals surface area contributed by atoms with Crippen molar-refractivity contribution in [3.05, 3.63) is 78.3 Å². The van der Waals surface area contributed by atoms with Crippen LogP contribution in [0.1, 0.15) is 42.4 Å². The van der Waals surface area contributed by atoms with E-state index in [1.54, 1.807) is 37.4 Å². The van der Waals surface area contributed by atoms with E-state index < -0.39 is 11.7 Å². The molecule has 4 N–H and O–H groups in total. The first-order valence-electron chi connectivity index (χ1n) is 12.0. The molecular formula is C28H24FN7O2. The summed E-state index contributed by atoms with van der Waals surface area (Å²) in [7, 11) is 0. The van der Waals surface area contributed by atoms with Crippen molar-refractivity contribution in [1.29, 1.82) is 0 Å². The Morgan fingerprint density at radius 2 is 1.97 bits per heavy atom. The van der Waals surface area contributed by atoms with Crippen LogP contribution in [-0.2, 0) is 4.79 Å². The van der Waals surface area contributed by atoms with Gasteiger partial charge in [-0.05, 0) is 55.9 Å². The van der Waals surface area contributed by atoms with Gasteiger partial charge < -0.3 is 16.4 Å². The maximum Gasteiger partial charge on any atom is 0.296 e. The predicted molar refractivity (Wildman–Crippen MR) is 142 cm³/mol. The average molecular weight is 510 g/mol. The maximum absolute atomic E-state index is 13.4. The number of anilines is 2. The lowest BCUT2D eigenvalue weighted by atomic mass is 9.94. The van der Waals surface area contributed by atoms with Crippen molar-refractivity contribution in [2.24, 2.45) is 0 Å². The number of nitrogen functional groups attached to an aromatic ring is 1. The number of rotatable bonds is 5. The number of aromatic nitrogens is 4. The van der Waals surface area contributed by atoms with Gasteiger partial charge in [-0.3, -0.25) is 14.0 Å². The van der Waals surface area contributed by atoms with Crippen LogP contribution in [0.5, 0.6) is 0 Å². The monoisotopic (exact) mass is 509 g/mol. The molecule has 9 nitrogen and oxygen atoms in total. The Hall–Kier alpha value is -5.04. The van der Waals surface area contributed by atoms with Gasteiger partial charge in [0.05, 0.1) is 0 Å². The number of allylic oxidation sites excluding steroid dienone is 1. The van der Waals surface area contributed by atoms with Gasteiger partial charge in [0.25, 0.3) is 11.8 Å². The molecule has 1 unspecified atom stereocenters. The Labute approximate surface area is 218 Å². The molecule has 0 saturated carbocycles. The minimum atomic E-state index is -0.488. The number of nitrogens with one attached hydrogen (secondary N) is 2. The molecule has 190 valence electrons. The van der Waals surface area contributed by atoms with Crippen molar-refractivity contribution in [1.82, 2.24) is 24.7 Å². The van der Waals surface area contributed by atoms with E-state index >= 15 is 0 Å². The molecule has 1 aliphatic carbocycles. The lowest BCUT2D eigenvalue weighted by Gasteiger charge is -2.21. The minimum Gasteiger partial charge on any atom is -0.382 e. The fourth-order valence-corrected chi connectivity index (χ4v) is 4.44. The van der Waals surface area contributed by atoms with Crippen LogP contribution < -0.4 is 16.4 Å². The summed E-state index contributed by atoms with van der Waals surface area (Å²) in [6, 6.07) is 9.25. The summed E-state index contributed by atoms with van der Waals surface area (Å²) in [5.74, 6) is 5.16. The van der Waals surface area contributed by atoms with E-state index in [4.69, 9.17) is 10.7 Å². The van der Waals surface area contributed by atoms with Crippen molar-refractivity contribution >= 4 is 34.5 Å². The van der Waals surface area contributed by atoms with E-state index in [9.17, 15) is 14.0 Å². The summed E-state index contributed by atoms with van der Waals surface area (Å²) in [6.07, 6.45) is 8.96. The van der Waals surface area contributed by atoms with Gasteiger partial charge in [-0.2, -0.15) is 0 Å². The Bertz CT molecular complexity index is 1630. The SMILES string of the molecule is CC#CC(=O)NC1CC=C(c2nc(-c3ccc(C(=O)Nc4cc(F)ccn4)cc3)c3c(N)nccn23)CC1. The molecule has 1 aromatic carbocycles. The van der Waals surface area contributed by atoms with Gasteiger partial charge in [0.2, 0.25) is 0 Å². The summed E-state index contributed by atoms with van der Waals surface area (Å²) in [5.41, 5.74) is 9.75. The third-order valence-corrected chi connectivity index (χ3v) is 6.24. The van der Waals surface area contributed by atoms with E-state index in [0.29, 0.717) is 29.0 Å². The number of carbonyl (C=O) groups is 2. The normalized spacial score (nSPS) is 14.8. The highest BCUT2D eigenvalue weighted by Crippen LogP contribution is 2.33. The lowest BCUT2D eigenvalue weighted by Crippen LogP contribution is -2.34. The molecule has 0 fully saturated rings. The molecule has 10 heteroatoms. The largest absolute Gasteiger partial charge is 0.382 e. The first kappa shape index (κ1) is 24.6. The third kappa shape index (κ3) is 5.08. The van der Waals surface area contributed by atoms with Crippen LogP contribution in [0.15, 0.2) is 61.1 Å². The standard InChI is InChI=1S/C28H24FN7O2/c1-2-3-23(37)33-21-10-8-18(9-11-21)27-35-24(25-26(30)32-14-15-36(25)27)17-4-6-19(7-5-17)28(38)34-22-16-20(29)12-13-31-22/h4-8,12-16,21H,9-11H2,1H3,(H2,30,32)(H,33,37)(H,31,34,38). The molecule has 0 radical (unpaired) electrons. The number of benzene rings is 1. The van der Waals surface area contributed by atoms with Gasteiger partial charge in [-0.25, -0.2) is 19.3 Å². The van der Waals surface area contributed by atoms with Crippen LogP contribution in [0.2, 0.25) is 0 Å². The number of fused-ring (bicyclic) bond motifs is 1. The zero-order valence-corrected chi connectivity index (χ0v) is 20.5. The van der Waals surface area contributed by atoms with Crippen molar-refractivity contribution in [3.63, 3.8) is 0 Å². The highest BCUT2D eigenvalue weighted by atomic mass is 19.1. The number of hydrogen-bond acceptors (Lipinski definition) is 6. The molecule has 0 bridgehead atoms. The number of amides is 2. The molecule has 1 atom stereocenters. The smallest absolute Gasteiger partial charge is 0.296 e. The number of nitrogens with two attached hydrogens (primary N) is 1. The Balaban J connectivity index is 1.42. The number of imidazole rings is 1. The van der Waals surface area contributed by atoms with Gasteiger partial charge in [-0.15, -0.1) is 0 Å². The molecule has 38 heavy (non-hydrogen) atoms. The Kier molecular flexibility index (Phi) is 6.82. The van der Waals surface area contributed by atoms with Crippen molar-refractivity contribution in [2.75, 3.05) is 11.1 Å². The van der Waals surface area contributed by atoms with Crippen molar-refractivity contribution in [2.45, 2.75) is 32.2 Å². The fraction of sp³-hybridized carbons (Fsp3) is 0.179. The summed E-state index contributed by atoms with van der Waals surface area (Å²) in [6.45, 7) is 1.63. The highest BCUT2D eigenvalue weighted by Gasteiger charge is 2.23. The number of halogens is 1. The number of nitrogens with zero attached hydrogens (tertiary/aromatic N) is 4. The second-order valence-electron chi connectivity index (χ2n) is 8.76. The average Bonchev–Trinajstić information content (AvgIpc) is 3.30. The quantitative estimate of drug-likeness (QED) is 0.351. The molecule has 4 aromatic rings. The van der Waals surface area contributed by atoms with Crippen molar-refractivity contribution < 1.29 is 14.0 Å². The first-order valence-corrected chi connectivity index (χ1v) is 12.0. The molecule has 0 spiro atoms. The van der Waals surface area contributed by atoms with Crippen LogP contribution in [0.25, 0.3) is 22.3 Å². The number of pyridine rings is 1. The van der Waals surface area contributed by atoms with Crippen LogP contribution in [0.3, 0.4) is 0 Å².